The van der Waals surface area contributed by atoms with Gasteiger partial charge < -0.3 is 18.0 Å². The van der Waals surface area contributed by atoms with Gasteiger partial charge in [-0.15, -0.1) is 0 Å². The lowest BCUT2D eigenvalue weighted by Crippen LogP contribution is -2.46. The van der Waals surface area contributed by atoms with Gasteiger partial charge in [0.05, 0.1) is 0 Å². The summed E-state index contributed by atoms with van der Waals surface area (Å²) in [5.41, 5.74) is 0.420. The van der Waals surface area contributed by atoms with Gasteiger partial charge in [0.2, 0.25) is 0 Å². The van der Waals surface area contributed by atoms with E-state index in [4.69, 9.17) is 18.0 Å². The van der Waals surface area contributed by atoms with Crippen molar-refractivity contribution < 1.29 is 22.8 Å². The van der Waals surface area contributed by atoms with Crippen molar-refractivity contribution in [2.75, 3.05) is 19.8 Å². The Bertz CT molecular complexity index is 315. The van der Waals surface area contributed by atoms with Crippen molar-refractivity contribution in [1.29, 1.82) is 0 Å². The number of hydrogen-bond acceptors (Lipinski definition) is 5. The van der Waals surface area contributed by atoms with Gasteiger partial charge in [0.15, 0.2) is 0 Å². The van der Waals surface area contributed by atoms with Crippen LogP contribution in [0.1, 0.15) is 53.9 Å². The predicted molar refractivity (Wildman–Crippen MR) is 89.7 cm³/mol. The van der Waals surface area contributed by atoms with Crippen LogP contribution >= 0.6 is 0 Å². The van der Waals surface area contributed by atoms with E-state index in [-0.39, 0.29) is 12.1 Å². The van der Waals surface area contributed by atoms with Crippen LogP contribution < -0.4 is 0 Å². The SMILES string of the molecule is C=C(C)C(=O)OC(CCC)CC[Si](OCC)(OCC)OCC. The van der Waals surface area contributed by atoms with E-state index in [9.17, 15) is 4.79 Å². The molecule has 0 fully saturated rings. The third-order valence-electron chi connectivity index (χ3n) is 3.10. The van der Waals surface area contributed by atoms with Crippen molar-refractivity contribution in [3.05, 3.63) is 12.2 Å². The summed E-state index contributed by atoms with van der Waals surface area (Å²) in [4.78, 5) is 11.7. The molecule has 0 aromatic carbocycles. The van der Waals surface area contributed by atoms with E-state index in [1.165, 1.54) is 0 Å². The van der Waals surface area contributed by atoms with Crippen LogP contribution in [-0.4, -0.2) is 40.7 Å². The van der Waals surface area contributed by atoms with E-state index < -0.39 is 8.80 Å². The highest BCUT2D eigenvalue weighted by molar-refractivity contribution is 6.60. The maximum atomic E-state index is 11.7. The van der Waals surface area contributed by atoms with Gasteiger partial charge in [-0.25, -0.2) is 4.79 Å². The van der Waals surface area contributed by atoms with Crippen LogP contribution in [0.25, 0.3) is 0 Å². The summed E-state index contributed by atoms with van der Waals surface area (Å²) in [5.74, 6) is -0.338. The van der Waals surface area contributed by atoms with Crippen LogP contribution in [0.3, 0.4) is 0 Å². The van der Waals surface area contributed by atoms with Gasteiger partial charge in [-0.3, -0.25) is 0 Å². The van der Waals surface area contributed by atoms with Gasteiger partial charge in [0, 0.05) is 31.4 Å². The fourth-order valence-corrected chi connectivity index (χ4v) is 4.85. The summed E-state index contributed by atoms with van der Waals surface area (Å²) in [6.45, 7) is 14.8. The molecule has 0 saturated carbocycles. The zero-order chi connectivity index (χ0) is 17.0. The molecule has 1 atom stereocenters. The molecule has 0 saturated heterocycles. The molecule has 130 valence electrons. The summed E-state index contributed by atoms with van der Waals surface area (Å²) < 4.78 is 23.0. The molecule has 0 aliphatic carbocycles. The van der Waals surface area contributed by atoms with Gasteiger partial charge in [-0.1, -0.05) is 19.9 Å². The molecule has 0 spiro atoms. The summed E-state index contributed by atoms with van der Waals surface area (Å²) in [7, 11) is -2.68. The summed E-state index contributed by atoms with van der Waals surface area (Å²) >= 11 is 0. The van der Waals surface area contributed by atoms with Crippen LogP contribution in [-0.2, 0) is 22.8 Å². The lowest BCUT2D eigenvalue weighted by molar-refractivity contribution is -0.144. The van der Waals surface area contributed by atoms with Gasteiger partial charge in [0.25, 0.3) is 0 Å². The van der Waals surface area contributed by atoms with Gasteiger partial charge in [-0.05, 0) is 40.5 Å². The maximum absolute atomic E-state index is 11.7. The molecule has 6 heteroatoms. The minimum Gasteiger partial charge on any atom is -0.459 e. The van der Waals surface area contributed by atoms with Crippen molar-refractivity contribution in [3.8, 4) is 0 Å². The predicted octanol–water partition coefficient (Wildman–Crippen LogP) is 3.71. The zero-order valence-corrected chi connectivity index (χ0v) is 15.8. The average molecular weight is 333 g/mol. The van der Waals surface area contributed by atoms with Crippen LogP contribution in [0.5, 0.6) is 0 Å². The van der Waals surface area contributed by atoms with Crippen LogP contribution in [0.4, 0.5) is 0 Å². The molecular weight excluding hydrogens is 300 g/mol. The Morgan fingerprint density at radius 3 is 1.86 bits per heavy atom. The van der Waals surface area contributed by atoms with E-state index in [1.54, 1.807) is 6.92 Å². The summed E-state index contributed by atoms with van der Waals surface area (Å²) in [6.07, 6.45) is 2.29. The molecule has 0 bridgehead atoms. The summed E-state index contributed by atoms with van der Waals surface area (Å²) in [5, 5.41) is 0. The topological polar surface area (TPSA) is 54.0 Å². The standard InChI is InChI=1S/C16H32O5Si/c1-7-11-15(21-16(17)14(5)6)12-13-22(18-8-2,19-9-3)20-10-4/h15H,5,7-13H2,1-4,6H3. The Morgan fingerprint density at radius 1 is 1.00 bits per heavy atom. The first-order valence-corrected chi connectivity index (χ1v) is 10.2. The molecule has 0 aliphatic rings. The Morgan fingerprint density at radius 2 is 1.50 bits per heavy atom. The third-order valence-corrected chi connectivity index (χ3v) is 6.18. The third kappa shape index (κ3) is 8.08. The molecule has 0 radical (unpaired) electrons. The number of carbonyl (C=O) groups is 1. The van der Waals surface area contributed by atoms with Crippen LogP contribution in [0.15, 0.2) is 12.2 Å². The van der Waals surface area contributed by atoms with Crippen molar-refractivity contribution in [2.45, 2.75) is 66.0 Å². The molecule has 0 aromatic rings. The largest absolute Gasteiger partial charge is 0.501 e. The van der Waals surface area contributed by atoms with Crippen LogP contribution in [0, 0.1) is 0 Å². The maximum Gasteiger partial charge on any atom is 0.501 e. The van der Waals surface area contributed by atoms with E-state index in [0.717, 1.165) is 12.8 Å². The molecule has 0 aromatic heterocycles. The number of ether oxygens (including phenoxy) is 1. The minimum absolute atomic E-state index is 0.151. The fourth-order valence-electron chi connectivity index (χ4n) is 2.18. The molecule has 5 nitrogen and oxygen atoms in total. The highest BCUT2D eigenvalue weighted by atomic mass is 28.4. The average Bonchev–Trinajstić information content (AvgIpc) is 2.45. The quantitative estimate of drug-likeness (QED) is 0.292. The Kier molecular flexibility index (Phi) is 11.4. The monoisotopic (exact) mass is 332 g/mol. The van der Waals surface area contributed by atoms with E-state index in [2.05, 4.69) is 13.5 Å². The van der Waals surface area contributed by atoms with Gasteiger partial charge >= 0.3 is 14.8 Å². The Balaban J connectivity index is 4.78. The molecule has 0 aliphatic heterocycles. The molecule has 0 rings (SSSR count). The normalized spacial score (nSPS) is 13.0. The van der Waals surface area contributed by atoms with Crippen molar-refractivity contribution >= 4 is 14.8 Å². The minimum atomic E-state index is -2.68. The lowest BCUT2D eigenvalue weighted by Gasteiger charge is -2.29. The number of esters is 1. The first-order valence-electron chi connectivity index (χ1n) is 8.22. The van der Waals surface area contributed by atoms with Gasteiger partial charge in [0.1, 0.15) is 6.10 Å². The zero-order valence-electron chi connectivity index (χ0n) is 14.8. The first kappa shape index (κ1) is 21.3. The van der Waals surface area contributed by atoms with Crippen molar-refractivity contribution in [2.24, 2.45) is 0 Å². The molecular formula is C16H32O5Si. The Hall–Kier alpha value is -0.693. The van der Waals surface area contributed by atoms with Crippen molar-refractivity contribution in [3.63, 3.8) is 0 Å². The smallest absolute Gasteiger partial charge is 0.459 e. The summed E-state index contributed by atoms with van der Waals surface area (Å²) in [6, 6.07) is 0.649. The van der Waals surface area contributed by atoms with Gasteiger partial charge in [-0.2, -0.15) is 0 Å². The van der Waals surface area contributed by atoms with Crippen molar-refractivity contribution in [1.82, 2.24) is 0 Å². The second kappa shape index (κ2) is 11.8. The van der Waals surface area contributed by atoms with E-state index in [0.29, 0.717) is 37.9 Å². The second-order valence-corrected chi connectivity index (χ2v) is 7.85. The molecule has 0 heterocycles. The van der Waals surface area contributed by atoms with E-state index >= 15 is 0 Å². The van der Waals surface area contributed by atoms with Crippen LogP contribution in [0.2, 0.25) is 6.04 Å². The van der Waals surface area contributed by atoms with E-state index in [1.807, 2.05) is 20.8 Å². The number of rotatable bonds is 13. The molecule has 0 N–H and O–H groups in total. The highest BCUT2D eigenvalue weighted by Gasteiger charge is 2.40. The highest BCUT2D eigenvalue weighted by Crippen LogP contribution is 2.22. The Labute approximate surface area is 136 Å². The first-order chi connectivity index (χ1) is 10.4. The molecule has 22 heavy (non-hydrogen) atoms. The molecule has 1 unspecified atom stereocenters. The fraction of sp³-hybridized carbons (Fsp3) is 0.812. The second-order valence-electron chi connectivity index (χ2n) is 5.12. The number of carbonyl (C=O) groups excluding carboxylic acids is 1. The number of hydrogen-bond donors (Lipinski definition) is 0. The molecule has 0 amide bonds. The lowest BCUT2D eigenvalue weighted by atomic mass is 10.1.